The number of ether oxygens (including phenoxy) is 1. The monoisotopic (exact) mass is 289 g/mol. The second-order valence-electron chi connectivity index (χ2n) is 6.08. The molecule has 0 unspecified atom stereocenters. The van der Waals surface area contributed by atoms with Gasteiger partial charge in [0.15, 0.2) is 0 Å². The SMILES string of the molecule is CC(C)(C)OC(=O)N(C(=O)Cc1cc[c]cc1)N1CCC1. The van der Waals surface area contributed by atoms with E-state index < -0.39 is 11.7 Å². The van der Waals surface area contributed by atoms with Gasteiger partial charge in [-0.05, 0) is 38.8 Å². The Balaban J connectivity index is 2.08. The van der Waals surface area contributed by atoms with Gasteiger partial charge in [-0.2, -0.15) is 5.01 Å². The number of carbonyl (C=O) groups is 2. The molecule has 5 nitrogen and oxygen atoms in total. The van der Waals surface area contributed by atoms with Crippen LogP contribution in [-0.4, -0.2) is 40.7 Å². The van der Waals surface area contributed by atoms with Gasteiger partial charge in [0.2, 0.25) is 0 Å². The maximum Gasteiger partial charge on any atom is 0.432 e. The molecule has 1 aromatic carbocycles. The van der Waals surface area contributed by atoms with E-state index in [4.69, 9.17) is 4.74 Å². The van der Waals surface area contributed by atoms with Crippen LogP contribution in [0.2, 0.25) is 0 Å². The minimum Gasteiger partial charge on any atom is -0.442 e. The highest BCUT2D eigenvalue weighted by molar-refractivity contribution is 5.92. The molecule has 0 atom stereocenters. The summed E-state index contributed by atoms with van der Waals surface area (Å²) >= 11 is 0. The Morgan fingerprint density at radius 2 is 1.90 bits per heavy atom. The fourth-order valence-electron chi connectivity index (χ4n) is 1.97. The number of nitrogens with zero attached hydrogens (tertiary/aromatic N) is 2. The summed E-state index contributed by atoms with van der Waals surface area (Å²) in [5.74, 6) is -0.268. The van der Waals surface area contributed by atoms with Crippen LogP contribution in [0.4, 0.5) is 4.79 Å². The third kappa shape index (κ3) is 4.29. The van der Waals surface area contributed by atoms with Crippen molar-refractivity contribution in [3.05, 3.63) is 35.9 Å². The molecule has 113 valence electrons. The summed E-state index contributed by atoms with van der Waals surface area (Å²) in [6.07, 6.45) is 0.548. The number of carbonyl (C=O) groups excluding carboxylic acids is 2. The van der Waals surface area contributed by atoms with Crippen molar-refractivity contribution in [2.45, 2.75) is 39.2 Å². The number of amides is 2. The molecule has 0 N–H and O–H groups in total. The average molecular weight is 289 g/mol. The van der Waals surface area contributed by atoms with Gasteiger partial charge in [0, 0.05) is 13.1 Å². The minimum atomic E-state index is -0.623. The third-order valence-corrected chi connectivity index (χ3v) is 3.06. The molecule has 0 bridgehead atoms. The van der Waals surface area contributed by atoms with Gasteiger partial charge in [0.25, 0.3) is 5.91 Å². The molecule has 2 rings (SSSR count). The maximum absolute atomic E-state index is 12.4. The molecule has 21 heavy (non-hydrogen) atoms. The van der Waals surface area contributed by atoms with Crippen molar-refractivity contribution < 1.29 is 14.3 Å². The van der Waals surface area contributed by atoms with Crippen LogP contribution in [-0.2, 0) is 16.0 Å². The van der Waals surface area contributed by atoms with E-state index in [1.165, 1.54) is 0 Å². The zero-order valence-electron chi connectivity index (χ0n) is 12.8. The Morgan fingerprint density at radius 1 is 1.29 bits per heavy atom. The van der Waals surface area contributed by atoms with Gasteiger partial charge >= 0.3 is 6.09 Å². The molecule has 1 fully saturated rings. The number of hydrogen-bond donors (Lipinski definition) is 0. The Kier molecular flexibility index (Phi) is 4.63. The summed E-state index contributed by atoms with van der Waals surface area (Å²) in [5.41, 5.74) is 0.232. The summed E-state index contributed by atoms with van der Waals surface area (Å²) < 4.78 is 5.33. The lowest BCUT2D eigenvalue weighted by Gasteiger charge is -2.39. The fraction of sp³-hybridized carbons (Fsp3) is 0.500. The molecule has 0 spiro atoms. The Labute approximate surface area is 125 Å². The van der Waals surface area contributed by atoms with Gasteiger partial charge in [-0.1, -0.05) is 24.3 Å². The van der Waals surface area contributed by atoms with E-state index in [2.05, 4.69) is 6.07 Å². The minimum absolute atomic E-state index is 0.171. The van der Waals surface area contributed by atoms with Gasteiger partial charge in [0.1, 0.15) is 5.60 Å². The van der Waals surface area contributed by atoms with E-state index in [1.807, 2.05) is 12.1 Å². The van der Waals surface area contributed by atoms with Crippen LogP contribution in [0.25, 0.3) is 0 Å². The quantitative estimate of drug-likeness (QED) is 0.857. The number of benzene rings is 1. The van der Waals surface area contributed by atoms with Gasteiger partial charge in [-0.25, -0.2) is 9.80 Å². The first-order valence-corrected chi connectivity index (χ1v) is 7.12. The molecular formula is C16H21N2O3. The highest BCUT2D eigenvalue weighted by Gasteiger charge is 2.34. The van der Waals surface area contributed by atoms with E-state index >= 15 is 0 Å². The largest absolute Gasteiger partial charge is 0.442 e. The van der Waals surface area contributed by atoms with Crippen molar-refractivity contribution in [2.24, 2.45) is 0 Å². The normalized spacial score (nSPS) is 15.2. The molecule has 1 heterocycles. The lowest BCUT2D eigenvalue weighted by atomic mass is 10.1. The Morgan fingerprint density at radius 3 is 2.38 bits per heavy atom. The van der Waals surface area contributed by atoms with Crippen molar-refractivity contribution in [3.8, 4) is 0 Å². The van der Waals surface area contributed by atoms with Crippen molar-refractivity contribution >= 4 is 12.0 Å². The third-order valence-electron chi connectivity index (χ3n) is 3.06. The molecule has 5 heteroatoms. The first kappa shape index (κ1) is 15.5. The van der Waals surface area contributed by atoms with Crippen LogP contribution in [0.15, 0.2) is 24.3 Å². The molecule has 1 saturated heterocycles. The van der Waals surface area contributed by atoms with Crippen LogP contribution in [0.1, 0.15) is 32.8 Å². The summed E-state index contributed by atoms with van der Waals surface area (Å²) in [6.45, 7) is 6.77. The molecule has 1 aromatic rings. The molecule has 2 amide bonds. The summed E-state index contributed by atoms with van der Waals surface area (Å²) in [5, 5.41) is 2.87. The molecule has 0 aliphatic carbocycles. The second-order valence-corrected chi connectivity index (χ2v) is 6.08. The zero-order valence-corrected chi connectivity index (χ0v) is 12.8. The predicted octanol–water partition coefficient (Wildman–Crippen LogP) is 2.41. The standard InChI is InChI=1S/C16H21N2O3/c1-16(2,3)21-15(20)18(17-10-7-11-17)14(19)12-13-8-5-4-6-9-13/h5-6,8-9H,7,10-12H2,1-3H3. The van der Waals surface area contributed by atoms with Crippen molar-refractivity contribution in [3.63, 3.8) is 0 Å². The van der Waals surface area contributed by atoms with E-state index in [1.54, 1.807) is 37.9 Å². The number of hydrogen-bond acceptors (Lipinski definition) is 4. The average Bonchev–Trinajstić information content (AvgIpc) is 2.32. The van der Waals surface area contributed by atoms with Crippen LogP contribution < -0.4 is 0 Å². The lowest BCUT2D eigenvalue weighted by Crippen LogP contribution is -2.57. The van der Waals surface area contributed by atoms with E-state index in [0.29, 0.717) is 13.1 Å². The van der Waals surface area contributed by atoms with Crippen LogP contribution in [0.3, 0.4) is 0 Å². The van der Waals surface area contributed by atoms with E-state index in [-0.39, 0.29) is 12.3 Å². The maximum atomic E-state index is 12.4. The van der Waals surface area contributed by atoms with Crippen molar-refractivity contribution in [1.29, 1.82) is 0 Å². The lowest BCUT2D eigenvalue weighted by molar-refractivity contribution is -0.152. The predicted molar refractivity (Wildman–Crippen MR) is 78.3 cm³/mol. The van der Waals surface area contributed by atoms with Crippen LogP contribution >= 0.6 is 0 Å². The molecule has 0 saturated carbocycles. The number of imide groups is 1. The highest BCUT2D eigenvalue weighted by Crippen LogP contribution is 2.17. The smallest absolute Gasteiger partial charge is 0.432 e. The first-order valence-electron chi connectivity index (χ1n) is 7.12. The summed E-state index contributed by atoms with van der Waals surface area (Å²) in [7, 11) is 0. The fourth-order valence-corrected chi connectivity index (χ4v) is 1.97. The van der Waals surface area contributed by atoms with Gasteiger partial charge in [-0.15, -0.1) is 0 Å². The summed E-state index contributed by atoms with van der Waals surface area (Å²) in [4.78, 5) is 24.7. The number of hydrazine groups is 1. The summed E-state index contributed by atoms with van der Waals surface area (Å²) in [6, 6.07) is 10.1. The Hall–Kier alpha value is -1.88. The van der Waals surface area contributed by atoms with Gasteiger partial charge in [-0.3, -0.25) is 4.79 Å². The first-order chi connectivity index (χ1) is 9.87. The molecule has 0 aromatic heterocycles. The Bertz CT molecular complexity index is 504. The topological polar surface area (TPSA) is 49.9 Å². The highest BCUT2D eigenvalue weighted by atomic mass is 16.6. The number of rotatable bonds is 3. The molecular weight excluding hydrogens is 268 g/mol. The van der Waals surface area contributed by atoms with E-state index in [0.717, 1.165) is 17.0 Å². The molecule has 1 radical (unpaired) electrons. The zero-order chi connectivity index (χ0) is 15.5. The molecule has 1 aliphatic rings. The van der Waals surface area contributed by atoms with Crippen molar-refractivity contribution in [2.75, 3.05) is 13.1 Å². The van der Waals surface area contributed by atoms with Crippen molar-refractivity contribution in [1.82, 2.24) is 10.0 Å². The van der Waals surface area contributed by atoms with E-state index in [9.17, 15) is 9.59 Å². The molecule has 1 aliphatic heterocycles. The second kappa shape index (κ2) is 6.26. The van der Waals surface area contributed by atoms with Crippen LogP contribution in [0.5, 0.6) is 0 Å². The van der Waals surface area contributed by atoms with Gasteiger partial charge in [0.05, 0.1) is 6.42 Å². The van der Waals surface area contributed by atoms with Gasteiger partial charge < -0.3 is 4.74 Å². The van der Waals surface area contributed by atoms with Crippen LogP contribution in [0, 0.1) is 6.07 Å².